The van der Waals surface area contributed by atoms with Crippen LogP contribution in [0.2, 0.25) is 0 Å². The molecule has 1 saturated heterocycles. The third kappa shape index (κ3) is 1.41. The zero-order valence-electron chi connectivity index (χ0n) is 4.95. The lowest BCUT2D eigenvalue weighted by Gasteiger charge is -1.98. The minimum atomic E-state index is -2.96. The van der Waals surface area contributed by atoms with E-state index in [2.05, 4.69) is 5.73 Å². The predicted octanol–water partition coefficient (Wildman–Crippen LogP) is -2.61. The van der Waals surface area contributed by atoms with Crippen molar-refractivity contribution in [2.75, 3.05) is 11.5 Å². The van der Waals surface area contributed by atoms with Crippen molar-refractivity contribution in [1.29, 1.82) is 0 Å². The highest BCUT2D eigenvalue weighted by atomic mass is 32.2. The second-order valence-electron chi connectivity index (χ2n) is 2.40. The molecule has 9 heavy (non-hydrogen) atoms. The lowest BCUT2D eigenvalue weighted by molar-refractivity contribution is -0.425. The van der Waals surface area contributed by atoms with Gasteiger partial charge in [0.1, 0.15) is 17.9 Å². The third-order valence-electron chi connectivity index (χ3n) is 1.44. The zero-order valence-corrected chi connectivity index (χ0v) is 5.76. The van der Waals surface area contributed by atoms with Crippen molar-refractivity contribution in [2.45, 2.75) is 12.1 Å². The van der Waals surface area contributed by atoms with Crippen molar-refractivity contribution in [3.8, 4) is 0 Å². The smallest absolute Gasteiger partial charge is 0.159 e. The van der Waals surface area contributed by atoms with Crippen LogP contribution in [0, 0.1) is 0 Å². The first-order valence-corrected chi connectivity index (χ1v) is 4.55. The first-order chi connectivity index (χ1) is 4.01. The molecule has 1 aliphatic heterocycles. The number of aliphatic hydroxyl groups excluding tert-OH is 1. The summed E-state index contributed by atoms with van der Waals surface area (Å²) in [6, 6.07) is -0.324. The second-order valence-corrected chi connectivity index (χ2v) is 4.56. The summed E-state index contributed by atoms with van der Waals surface area (Å²) in [7, 11) is -2.96. The number of hydrogen-bond acceptors (Lipinski definition) is 3. The first-order valence-electron chi connectivity index (χ1n) is 2.73. The van der Waals surface area contributed by atoms with Crippen LogP contribution in [0.3, 0.4) is 0 Å². The molecule has 0 radical (unpaired) electrons. The Labute approximate surface area is 53.6 Å². The fourth-order valence-electron chi connectivity index (χ4n) is 0.902. The van der Waals surface area contributed by atoms with Gasteiger partial charge < -0.3 is 10.8 Å². The monoisotopic (exact) mass is 152 g/mol. The van der Waals surface area contributed by atoms with Gasteiger partial charge in [0.25, 0.3) is 0 Å². The van der Waals surface area contributed by atoms with Crippen molar-refractivity contribution in [3.05, 3.63) is 0 Å². The summed E-state index contributed by atoms with van der Waals surface area (Å²) in [4.78, 5) is 0. The molecular formula is C4H10NO3S+. The van der Waals surface area contributed by atoms with E-state index >= 15 is 0 Å². The summed E-state index contributed by atoms with van der Waals surface area (Å²) < 4.78 is 21.3. The topological polar surface area (TPSA) is 82.0 Å². The fraction of sp³-hybridized carbons (Fsp3) is 1.00. The van der Waals surface area contributed by atoms with E-state index in [1.54, 1.807) is 0 Å². The molecule has 0 aromatic heterocycles. The van der Waals surface area contributed by atoms with Gasteiger partial charge in [0.2, 0.25) is 0 Å². The van der Waals surface area contributed by atoms with Gasteiger partial charge in [0.05, 0.1) is 5.75 Å². The van der Waals surface area contributed by atoms with Gasteiger partial charge in [-0.3, -0.25) is 0 Å². The molecule has 1 heterocycles. The average Bonchev–Trinajstić information content (AvgIpc) is 1.79. The normalized spacial score (nSPS) is 41.1. The maximum absolute atomic E-state index is 10.7. The fourth-order valence-corrected chi connectivity index (χ4v) is 2.70. The van der Waals surface area contributed by atoms with E-state index in [9.17, 15) is 8.42 Å². The second kappa shape index (κ2) is 1.93. The Balaban J connectivity index is 2.77. The Morgan fingerprint density at radius 2 is 2.00 bits per heavy atom. The predicted molar refractivity (Wildman–Crippen MR) is 31.3 cm³/mol. The van der Waals surface area contributed by atoms with Crippen molar-refractivity contribution < 1.29 is 19.3 Å². The summed E-state index contributed by atoms with van der Waals surface area (Å²) in [5.41, 5.74) is 3.48. The van der Waals surface area contributed by atoms with Gasteiger partial charge in [-0.25, -0.2) is 8.42 Å². The highest BCUT2D eigenvalue weighted by Gasteiger charge is 2.36. The van der Waals surface area contributed by atoms with Crippen LogP contribution < -0.4 is 5.73 Å². The van der Waals surface area contributed by atoms with Gasteiger partial charge in [-0.1, -0.05) is 0 Å². The minimum Gasteiger partial charge on any atom is -0.386 e. The molecule has 0 saturated carbocycles. The standard InChI is InChI=1S/C4H9NO3S/c5-3-1-9(7,8)2-4(3)6/h3-4,6H,1-2,5H2/p+1/t3-,4-/m0/s1. The van der Waals surface area contributed by atoms with Crippen molar-refractivity contribution in [1.82, 2.24) is 0 Å². The Hall–Kier alpha value is -0.130. The molecule has 0 bridgehead atoms. The number of rotatable bonds is 0. The van der Waals surface area contributed by atoms with E-state index in [1.807, 2.05) is 0 Å². The van der Waals surface area contributed by atoms with Gasteiger partial charge in [-0.15, -0.1) is 0 Å². The summed E-state index contributed by atoms with van der Waals surface area (Å²) in [5.74, 6) is -0.0741. The lowest BCUT2D eigenvalue weighted by atomic mass is 10.2. The summed E-state index contributed by atoms with van der Waals surface area (Å²) in [6.45, 7) is 0. The molecule has 0 spiro atoms. The van der Waals surface area contributed by atoms with Crippen LogP contribution in [-0.2, 0) is 9.84 Å². The number of aliphatic hydroxyl groups is 1. The first kappa shape index (κ1) is 6.98. The summed E-state index contributed by atoms with van der Waals surface area (Å²) in [6.07, 6.45) is -0.741. The molecule has 0 aliphatic carbocycles. The van der Waals surface area contributed by atoms with Gasteiger partial charge in [0.15, 0.2) is 9.84 Å². The molecule has 0 unspecified atom stereocenters. The van der Waals surface area contributed by atoms with Crippen LogP contribution in [0.4, 0.5) is 0 Å². The molecule has 4 N–H and O–H groups in total. The molecule has 1 rings (SSSR count). The number of hydrogen-bond donors (Lipinski definition) is 2. The Kier molecular flexibility index (Phi) is 1.50. The molecule has 1 aliphatic rings. The molecule has 0 amide bonds. The third-order valence-corrected chi connectivity index (χ3v) is 3.22. The molecule has 1 fully saturated rings. The minimum absolute atomic E-state index is 0.0359. The lowest BCUT2D eigenvalue weighted by Crippen LogP contribution is -2.66. The molecule has 4 nitrogen and oxygen atoms in total. The maximum atomic E-state index is 10.7. The summed E-state index contributed by atoms with van der Waals surface area (Å²) >= 11 is 0. The zero-order chi connectivity index (χ0) is 7.07. The summed E-state index contributed by atoms with van der Waals surface area (Å²) in [5, 5.41) is 8.89. The van der Waals surface area contributed by atoms with E-state index in [4.69, 9.17) is 5.11 Å². The van der Waals surface area contributed by atoms with Gasteiger partial charge in [-0.05, 0) is 0 Å². The molecule has 0 aromatic rings. The van der Waals surface area contributed by atoms with Crippen LogP contribution >= 0.6 is 0 Å². The maximum Gasteiger partial charge on any atom is 0.159 e. The molecule has 0 aromatic carbocycles. The molecule has 5 heteroatoms. The van der Waals surface area contributed by atoms with E-state index in [-0.39, 0.29) is 17.5 Å². The molecular weight excluding hydrogens is 142 g/mol. The van der Waals surface area contributed by atoms with Gasteiger partial charge >= 0.3 is 0 Å². The van der Waals surface area contributed by atoms with Crippen LogP contribution in [-0.4, -0.2) is 37.2 Å². The van der Waals surface area contributed by atoms with E-state index in [0.717, 1.165) is 0 Å². The van der Waals surface area contributed by atoms with Crippen molar-refractivity contribution in [3.63, 3.8) is 0 Å². The highest BCUT2D eigenvalue weighted by molar-refractivity contribution is 7.91. The van der Waals surface area contributed by atoms with Gasteiger partial charge in [-0.2, -0.15) is 0 Å². The molecule has 54 valence electrons. The van der Waals surface area contributed by atoms with Crippen molar-refractivity contribution >= 4 is 9.84 Å². The Morgan fingerprint density at radius 1 is 1.44 bits per heavy atom. The molecule has 2 atom stereocenters. The SMILES string of the molecule is [NH3+][C@H]1CS(=O)(=O)C[C@@H]1O. The average molecular weight is 152 g/mol. The van der Waals surface area contributed by atoms with Crippen LogP contribution in [0.5, 0.6) is 0 Å². The highest BCUT2D eigenvalue weighted by Crippen LogP contribution is 2.07. The largest absolute Gasteiger partial charge is 0.386 e. The van der Waals surface area contributed by atoms with Crippen LogP contribution in [0.1, 0.15) is 0 Å². The van der Waals surface area contributed by atoms with Crippen molar-refractivity contribution in [2.24, 2.45) is 0 Å². The number of quaternary nitrogens is 1. The van der Waals surface area contributed by atoms with E-state index in [0.29, 0.717) is 0 Å². The number of sulfone groups is 1. The quantitative estimate of drug-likeness (QED) is 0.399. The Morgan fingerprint density at radius 3 is 2.11 bits per heavy atom. The van der Waals surface area contributed by atoms with Crippen LogP contribution in [0.25, 0.3) is 0 Å². The van der Waals surface area contributed by atoms with E-state index in [1.165, 1.54) is 0 Å². The van der Waals surface area contributed by atoms with Crippen LogP contribution in [0.15, 0.2) is 0 Å². The van der Waals surface area contributed by atoms with Gasteiger partial charge in [0, 0.05) is 0 Å². The Bertz CT molecular complexity index is 182. The van der Waals surface area contributed by atoms with E-state index < -0.39 is 15.9 Å².